The highest BCUT2D eigenvalue weighted by molar-refractivity contribution is 5.84. The Morgan fingerprint density at radius 1 is 0.909 bits per heavy atom. The summed E-state index contributed by atoms with van der Waals surface area (Å²) in [4.78, 5) is 17.0. The van der Waals surface area contributed by atoms with Crippen molar-refractivity contribution in [3.05, 3.63) is 84.1 Å². The zero-order valence-corrected chi connectivity index (χ0v) is 18.3. The first-order valence-electron chi connectivity index (χ1n) is 10.8. The second-order valence-corrected chi connectivity index (χ2v) is 8.22. The molecule has 3 aromatic heterocycles. The molecule has 0 radical (unpaired) electrons. The lowest BCUT2D eigenvalue weighted by molar-refractivity contribution is 0.534. The maximum Gasteiger partial charge on any atom is 0.126 e. The number of hydrogen-bond acceptors (Lipinski definition) is 4. The van der Waals surface area contributed by atoms with Gasteiger partial charge in [0, 0.05) is 42.7 Å². The normalized spacial score (nSPS) is 11.5. The van der Waals surface area contributed by atoms with Gasteiger partial charge in [0.25, 0.3) is 0 Å². The molecule has 1 N–H and O–H groups in total. The van der Waals surface area contributed by atoms with E-state index < -0.39 is 11.6 Å². The monoisotopic (exact) mass is 444 g/mol. The molecular formula is C25H22F2N6. The molecule has 0 bridgehead atoms. The lowest BCUT2D eigenvalue weighted by Gasteiger charge is -2.04. The average Bonchev–Trinajstić information content (AvgIpc) is 3.44. The SMILES string of the molecule is CC(C)n1ccc(-c2[nH]c(CCc3cc(F)cc(F)c3)nc2-c2ccc3nccnc3c2)n1. The largest absolute Gasteiger partial charge is 0.340 e. The van der Waals surface area contributed by atoms with E-state index in [1.165, 1.54) is 12.1 Å². The third kappa shape index (κ3) is 4.37. The quantitative estimate of drug-likeness (QED) is 0.374. The molecule has 5 rings (SSSR count). The predicted octanol–water partition coefficient (Wildman–Crippen LogP) is 5.53. The number of benzene rings is 2. The Morgan fingerprint density at radius 2 is 1.67 bits per heavy atom. The summed E-state index contributed by atoms with van der Waals surface area (Å²) in [5.74, 6) is -0.451. The van der Waals surface area contributed by atoms with Crippen LogP contribution in [0.15, 0.2) is 61.1 Å². The first-order valence-corrected chi connectivity index (χ1v) is 10.8. The molecule has 0 atom stereocenters. The van der Waals surface area contributed by atoms with Gasteiger partial charge in [0.15, 0.2) is 0 Å². The number of imidazole rings is 1. The Labute approximate surface area is 189 Å². The Morgan fingerprint density at radius 3 is 2.39 bits per heavy atom. The molecule has 166 valence electrons. The van der Waals surface area contributed by atoms with Crippen molar-refractivity contribution >= 4 is 11.0 Å². The van der Waals surface area contributed by atoms with Crippen molar-refractivity contribution in [3.63, 3.8) is 0 Å². The third-order valence-corrected chi connectivity index (χ3v) is 5.46. The van der Waals surface area contributed by atoms with Gasteiger partial charge >= 0.3 is 0 Å². The number of rotatable bonds is 6. The van der Waals surface area contributed by atoms with Crippen LogP contribution < -0.4 is 0 Å². The van der Waals surface area contributed by atoms with Gasteiger partial charge < -0.3 is 4.98 Å². The Kier molecular flexibility index (Phi) is 5.42. The van der Waals surface area contributed by atoms with E-state index in [-0.39, 0.29) is 6.04 Å². The number of nitrogens with zero attached hydrogens (tertiary/aromatic N) is 5. The number of fused-ring (bicyclic) bond motifs is 1. The van der Waals surface area contributed by atoms with E-state index in [1.54, 1.807) is 12.4 Å². The van der Waals surface area contributed by atoms with Crippen molar-refractivity contribution in [1.29, 1.82) is 0 Å². The van der Waals surface area contributed by atoms with Gasteiger partial charge in [-0.25, -0.2) is 13.8 Å². The van der Waals surface area contributed by atoms with Gasteiger partial charge in [0.05, 0.1) is 22.4 Å². The summed E-state index contributed by atoms with van der Waals surface area (Å²) in [5.41, 5.74) is 5.35. The molecule has 5 aromatic rings. The second-order valence-electron chi connectivity index (χ2n) is 8.22. The smallest absolute Gasteiger partial charge is 0.126 e. The van der Waals surface area contributed by atoms with Crippen LogP contribution >= 0.6 is 0 Å². The van der Waals surface area contributed by atoms with Crippen LogP contribution in [0.3, 0.4) is 0 Å². The van der Waals surface area contributed by atoms with E-state index in [0.29, 0.717) is 24.2 Å². The minimum Gasteiger partial charge on any atom is -0.340 e. The highest BCUT2D eigenvalue weighted by Gasteiger charge is 2.18. The fourth-order valence-corrected chi connectivity index (χ4v) is 3.82. The van der Waals surface area contributed by atoms with Crippen LogP contribution in [0.2, 0.25) is 0 Å². The maximum absolute atomic E-state index is 13.6. The zero-order chi connectivity index (χ0) is 22.9. The standard InChI is InChI=1S/C25H22F2N6/c1-15(2)33-10-7-21(32-33)25-24(17-4-5-20-22(13-17)29-9-8-28-20)30-23(31-25)6-3-16-11-18(26)14-19(27)12-16/h4-5,7-15H,3,6H2,1-2H3,(H,30,31). The molecule has 0 aliphatic rings. The molecule has 0 amide bonds. The first kappa shape index (κ1) is 20.9. The summed E-state index contributed by atoms with van der Waals surface area (Å²) < 4.78 is 29.0. The fraction of sp³-hybridized carbons (Fsp3) is 0.200. The minimum atomic E-state index is -0.581. The average molecular weight is 444 g/mol. The van der Waals surface area contributed by atoms with E-state index in [4.69, 9.17) is 10.1 Å². The van der Waals surface area contributed by atoms with Crippen LogP contribution in [0.4, 0.5) is 8.78 Å². The van der Waals surface area contributed by atoms with Crippen LogP contribution in [0.5, 0.6) is 0 Å². The van der Waals surface area contributed by atoms with Crippen LogP contribution in [-0.2, 0) is 12.8 Å². The predicted molar refractivity (Wildman–Crippen MR) is 122 cm³/mol. The van der Waals surface area contributed by atoms with Crippen molar-refractivity contribution in [3.8, 4) is 22.6 Å². The maximum atomic E-state index is 13.6. The van der Waals surface area contributed by atoms with Gasteiger partial charge in [-0.1, -0.05) is 6.07 Å². The number of hydrogen-bond donors (Lipinski definition) is 1. The minimum absolute atomic E-state index is 0.225. The molecule has 3 heterocycles. The van der Waals surface area contributed by atoms with Crippen molar-refractivity contribution in [2.75, 3.05) is 0 Å². The van der Waals surface area contributed by atoms with Gasteiger partial charge in [-0.05, 0) is 56.2 Å². The molecule has 8 heteroatoms. The lowest BCUT2D eigenvalue weighted by atomic mass is 10.1. The van der Waals surface area contributed by atoms with Crippen molar-refractivity contribution in [2.45, 2.75) is 32.7 Å². The Balaban J connectivity index is 1.54. The van der Waals surface area contributed by atoms with Gasteiger partial charge in [0.1, 0.15) is 23.2 Å². The van der Waals surface area contributed by atoms with Crippen molar-refractivity contribution in [1.82, 2.24) is 29.7 Å². The summed E-state index contributed by atoms with van der Waals surface area (Å²) in [6, 6.07) is 11.6. The van der Waals surface area contributed by atoms with Gasteiger partial charge in [-0.2, -0.15) is 5.10 Å². The van der Waals surface area contributed by atoms with Crippen LogP contribution in [0, 0.1) is 11.6 Å². The van der Waals surface area contributed by atoms with Gasteiger partial charge in [-0.15, -0.1) is 0 Å². The number of H-pyrrole nitrogens is 1. The Bertz CT molecular complexity index is 1420. The van der Waals surface area contributed by atoms with E-state index in [1.807, 2.05) is 35.1 Å². The highest BCUT2D eigenvalue weighted by Crippen LogP contribution is 2.31. The van der Waals surface area contributed by atoms with Crippen LogP contribution in [0.1, 0.15) is 31.3 Å². The number of halogens is 2. The molecule has 2 aromatic carbocycles. The van der Waals surface area contributed by atoms with Crippen molar-refractivity contribution < 1.29 is 8.78 Å². The number of aryl methyl sites for hydroxylation is 2. The molecule has 0 aliphatic carbocycles. The summed E-state index contributed by atoms with van der Waals surface area (Å²) in [5, 5.41) is 4.70. The highest BCUT2D eigenvalue weighted by atomic mass is 19.1. The zero-order valence-electron chi connectivity index (χ0n) is 18.3. The number of aromatic nitrogens is 6. The summed E-state index contributed by atoms with van der Waals surface area (Å²) >= 11 is 0. The van der Waals surface area contributed by atoms with Crippen molar-refractivity contribution in [2.24, 2.45) is 0 Å². The van der Waals surface area contributed by atoms with E-state index in [9.17, 15) is 8.78 Å². The van der Waals surface area contributed by atoms with Gasteiger partial charge in [-0.3, -0.25) is 14.6 Å². The summed E-state index contributed by atoms with van der Waals surface area (Å²) in [6.45, 7) is 4.13. The first-order chi connectivity index (χ1) is 16.0. The topological polar surface area (TPSA) is 72.3 Å². The third-order valence-electron chi connectivity index (χ3n) is 5.46. The van der Waals surface area contributed by atoms with Crippen LogP contribution in [-0.4, -0.2) is 29.7 Å². The molecule has 0 saturated carbocycles. The molecular weight excluding hydrogens is 422 g/mol. The molecule has 0 aliphatic heterocycles. The summed E-state index contributed by atoms with van der Waals surface area (Å²) in [6.07, 6.45) is 6.20. The summed E-state index contributed by atoms with van der Waals surface area (Å²) in [7, 11) is 0. The van der Waals surface area contributed by atoms with E-state index in [0.717, 1.165) is 39.7 Å². The molecule has 0 saturated heterocycles. The number of aromatic amines is 1. The number of nitrogens with one attached hydrogen (secondary N) is 1. The lowest BCUT2D eigenvalue weighted by Crippen LogP contribution is -2.01. The van der Waals surface area contributed by atoms with Crippen LogP contribution in [0.25, 0.3) is 33.7 Å². The Hall–Kier alpha value is -3.94. The van der Waals surface area contributed by atoms with E-state index in [2.05, 4.69) is 28.8 Å². The fourth-order valence-electron chi connectivity index (χ4n) is 3.82. The van der Waals surface area contributed by atoms with Gasteiger partial charge in [0.2, 0.25) is 0 Å². The second kappa shape index (κ2) is 8.54. The van der Waals surface area contributed by atoms with E-state index >= 15 is 0 Å². The molecule has 0 unspecified atom stereocenters. The molecule has 0 fully saturated rings. The molecule has 33 heavy (non-hydrogen) atoms. The molecule has 0 spiro atoms. The molecule has 6 nitrogen and oxygen atoms in total.